The molecule has 0 amide bonds. The number of fused-ring (bicyclic) bond motifs is 3. The third kappa shape index (κ3) is 2.55. The molecule has 0 saturated heterocycles. The first-order chi connectivity index (χ1) is 14.1. The molecule has 144 valence electrons. The van der Waals surface area contributed by atoms with Gasteiger partial charge in [0.25, 0.3) is 5.56 Å². The zero-order valence-corrected chi connectivity index (χ0v) is 15.1. The molecule has 0 aliphatic carbocycles. The number of methoxy groups -OCH3 is 1. The van der Waals surface area contributed by atoms with Crippen LogP contribution in [0.1, 0.15) is 0 Å². The van der Waals surface area contributed by atoms with Crippen LogP contribution in [-0.2, 0) is 0 Å². The van der Waals surface area contributed by atoms with Crippen LogP contribution in [0.4, 0.5) is 4.39 Å². The van der Waals surface area contributed by atoms with Crippen LogP contribution in [0.3, 0.4) is 0 Å². The highest BCUT2D eigenvalue weighted by molar-refractivity contribution is 5.79. The molecule has 5 rings (SSSR count). The summed E-state index contributed by atoms with van der Waals surface area (Å²) in [6.07, 6.45) is 1.72. The summed E-state index contributed by atoms with van der Waals surface area (Å²) in [7, 11) is 1.56. The highest BCUT2D eigenvalue weighted by atomic mass is 19.1. The molecule has 0 saturated carbocycles. The normalized spacial score (nSPS) is 11.4. The average Bonchev–Trinajstić information content (AvgIpc) is 3.24. The van der Waals surface area contributed by atoms with Crippen molar-refractivity contribution >= 4 is 16.9 Å². The molecule has 0 bridgehead atoms. The van der Waals surface area contributed by atoms with E-state index in [0.717, 1.165) is 5.56 Å². The second-order valence-electron chi connectivity index (χ2n) is 6.42. The molecule has 29 heavy (non-hydrogen) atoms. The van der Waals surface area contributed by atoms with Gasteiger partial charge in [-0.1, -0.05) is 12.1 Å². The minimum atomic E-state index is -0.633. The standard InChI is InChI=1S/C20H14FN5O3/c1-29-15-5-3-2-4-13(15)26-14(11-6-8-12(21)9-7-11)10-25-16-17(23-20(25)26)22-19(28)24-18(16)27/h2-10H,1H3,(H2,22,24,27,28). The minimum Gasteiger partial charge on any atom is -0.495 e. The summed E-state index contributed by atoms with van der Waals surface area (Å²) in [6, 6.07) is 13.3. The van der Waals surface area contributed by atoms with E-state index in [4.69, 9.17) is 4.74 Å². The first-order valence-electron chi connectivity index (χ1n) is 8.72. The Morgan fingerprint density at radius 1 is 1.03 bits per heavy atom. The number of nitrogens with zero attached hydrogens (tertiary/aromatic N) is 3. The number of aromatic nitrogens is 5. The highest BCUT2D eigenvalue weighted by Crippen LogP contribution is 2.32. The van der Waals surface area contributed by atoms with Gasteiger partial charge in [-0.15, -0.1) is 0 Å². The van der Waals surface area contributed by atoms with Gasteiger partial charge in [-0.2, -0.15) is 4.98 Å². The number of aromatic amines is 2. The van der Waals surface area contributed by atoms with Crippen LogP contribution in [0.2, 0.25) is 0 Å². The van der Waals surface area contributed by atoms with Crippen LogP contribution in [0.15, 0.2) is 64.3 Å². The van der Waals surface area contributed by atoms with Crippen molar-refractivity contribution in [1.29, 1.82) is 0 Å². The second kappa shape index (κ2) is 6.20. The Bertz CT molecular complexity index is 1490. The quantitative estimate of drug-likeness (QED) is 0.494. The van der Waals surface area contributed by atoms with Crippen molar-refractivity contribution in [2.45, 2.75) is 0 Å². The molecule has 2 N–H and O–H groups in total. The van der Waals surface area contributed by atoms with Crippen molar-refractivity contribution in [2.75, 3.05) is 7.11 Å². The fourth-order valence-electron chi connectivity index (χ4n) is 3.47. The van der Waals surface area contributed by atoms with Crippen LogP contribution in [-0.4, -0.2) is 31.0 Å². The summed E-state index contributed by atoms with van der Waals surface area (Å²) in [4.78, 5) is 33.3. The Hall–Kier alpha value is -4.14. The number of H-pyrrole nitrogens is 2. The summed E-state index contributed by atoms with van der Waals surface area (Å²) in [5.41, 5.74) is 1.25. The van der Waals surface area contributed by atoms with Crippen molar-refractivity contribution in [2.24, 2.45) is 0 Å². The van der Waals surface area contributed by atoms with Gasteiger partial charge < -0.3 is 4.74 Å². The van der Waals surface area contributed by atoms with Gasteiger partial charge in [-0.3, -0.25) is 23.7 Å². The van der Waals surface area contributed by atoms with Crippen LogP contribution in [0.25, 0.3) is 33.9 Å². The van der Waals surface area contributed by atoms with Gasteiger partial charge in [-0.25, -0.2) is 9.18 Å². The zero-order chi connectivity index (χ0) is 20.1. The van der Waals surface area contributed by atoms with Crippen LogP contribution < -0.4 is 16.0 Å². The lowest BCUT2D eigenvalue weighted by atomic mass is 10.1. The maximum Gasteiger partial charge on any atom is 0.327 e. The van der Waals surface area contributed by atoms with E-state index in [1.54, 1.807) is 40.5 Å². The number of nitrogens with one attached hydrogen (secondary N) is 2. The lowest BCUT2D eigenvalue weighted by molar-refractivity contribution is 0.413. The number of ether oxygens (including phenoxy) is 1. The molecular formula is C20H14FN5O3. The predicted molar refractivity (Wildman–Crippen MR) is 105 cm³/mol. The fourth-order valence-corrected chi connectivity index (χ4v) is 3.47. The van der Waals surface area contributed by atoms with Crippen molar-refractivity contribution < 1.29 is 9.13 Å². The van der Waals surface area contributed by atoms with Crippen LogP contribution >= 0.6 is 0 Å². The highest BCUT2D eigenvalue weighted by Gasteiger charge is 2.21. The summed E-state index contributed by atoms with van der Waals surface area (Å²) in [6.45, 7) is 0. The zero-order valence-electron chi connectivity index (χ0n) is 15.1. The largest absolute Gasteiger partial charge is 0.495 e. The maximum absolute atomic E-state index is 13.5. The molecule has 5 aromatic rings. The minimum absolute atomic E-state index is 0.169. The number of benzene rings is 2. The van der Waals surface area contributed by atoms with Gasteiger partial charge >= 0.3 is 5.69 Å². The van der Waals surface area contributed by atoms with Crippen molar-refractivity contribution in [1.82, 2.24) is 23.9 Å². The summed E-state index contributed by atoms with van der Waals surface area (Å²) in [5.74, 6) is 0.632. The summed E-state index contributed by atoms with van der Waals surface area (Å²) < 4.78 is 22.4. The predicted octanol–water partition coefficient (Wildman–Crippen LogP) is 2.47. The first kappa shape index (κ1) is 17.0. The second-order valence-corrected chi connectivity index (χ2v) is 6.42. The van der Waals surface area contributed by atoms with Gasteiger partial charge in [0.2, 0.25) is 5.78 Å². The van der Waals surface area contributed by atoms with E-state index in [0.29, 0.717) is 22.9 Å². The van der Waals surface area contributed by atoms with Gasteiger partial charge in [0.15, 0.2) is 11.2 Å². The Labute approximate surface area is 161 Å². The first-order valence-corrected chi connectivity index (χ1v) is 8.72. The molecule has 0 spiro atoms. The molecule has 2 aromatic carbocycles. The topological polar surface area (TPSA) is 97.2 Å². The molecule has 8 nitrogen and oxygen atoms in total. The summed E-state index contributed by atoms with van der Waals surface area (Å²) >= 11 is 0. The number of hydrogen-bond donors (Lipinski definition) is 2. The molecule has 3 heterocycles. The third-order valence-corrected chi connectivity index (χ3v) is 4.72. The number of para-hydroxylation sites is 2. The van der Waals surface area contributed by atoms with Gasteiger partial charge in [0, 0.05) is 11.8 Å². The Morgan fingerprint density at radius 2 is 1.79 bits per heavy atom. The van der Waals surface area contributed by atoms with Crippen molar-refractivity contribution in [3.05, 3.63) is 81.4 Å². The fraction of sp³-hybridized carbons (Fsp3) is 0.0500. The molecule has 9 heteroatoms. The van der Waals surface area contributed by atoms with Crippen molar-refractivity contribution in [3.8, 4) is 22.7 Å². The average molecular weight is 391 g/mol. The van der Waals surface area contributed by atoms with E-state index in [-0.39, 0.29) is 17.0 Å². The van der Waals surface area contributed by atoms with E-state index in [9.17, 15) is 14.0 Å². The molecular weight excluding hydrogens is 377 g/mol. The lowest BCUT2D eigenvalue weighted by Gasteiger charge is -2.12. The molecule has 0 aliphatic heterocycles. The van der Waals surface area contributed by atoms with Crippen LogP contribution in [0, 0.1) is 5.82 Å². The molecule has 0 radical (unpaired) electrons. The van der Waals surface area contributed by atoms with E-state index < -0.39 is 11.2 Å². The van der Waals surface area contributed by atoms with Crippen LogP contribution in [0.5, 0.6) is 5.75 Å². The molecule has 0 atom stereocenters. The SMILES string of the molecule is COc1ccccc1-n1c(-c2ccc(F)cc2)cn2c3c(=O)[nH]c(=O)[nH]c3nc12. The number of imidazole rings is 2. The molecule has 3 aromatic heterocycles. The van der Waals surface area contributed by atoms with Crippen molar-refractivity contribution in [3.63, 3.8) is 0 Å². The molecule has 0 unspecified atom stereocenters. The summed E-state index contributed by atoms with van der Waals surface area (Å²) in [5, 5.41) is 0. The smallest absolute Gasteiger partial charge is 0.327 e. The number of rotatable bonds is 3. The van der Waals surface area contributed by atoms with Gasteiger partial charge in [0.05, 0.1) is 18.5 Å². The monoisotopic (exact) mass is 391 g/mol. The van der Waals surface area contributed by atoms with E-state index in [1.807, 2.05) is 18.2 Å². The third-order valence-electron chi connectivity index (χ3n) is 4.72. The Balaban J connectivity index is 1.94. The van der Waals surface area contributed by atoms with E-state index >= 15 is 0 Å². The number of halogens is 1. The Morgan fingerprint density at radius 3 is 2.55 bits per heavy atom. The molecule has 0 fully saturated rings. The van der Waals surface area contributed by atoms with Gasteiger partial charge in [-0.05, 0) is 36.4 Å². The lowest BCUT2D eigenvalue weighted by Crippen LogP contribution is -2.22. The molecule has 0 aliphatic rings. The van der Waals surface area contributed by atoms with Gasteiger partial charge in [0.1, 0.15) is 11.6 Å². The van der Waals surface area contributed by atoms with E-state index in [2.05, 4.69) is 15.0 Å². The number of hydrogen-bond acceptors (Lipinski definition) is 4. The Kier molecular flexibility index (Phi) is 3.63. The van der Waals surface area contributed by atoms with E-state index in [1.165, 1.54) is 12.1 Å². The maximum atomic E-state index is 13.5.